The topological polar surface area (TPSA) is 29.5 Å². The van der Waals surface area contributed by atoms with Gasteiger partial charge in [0.1, 0.15) is 17.2 Å². The SMILES string of the molecule is CCC(O)(COC)c1c(F)ccc(C)c1F. The fraction of sp³-hybridized carbons (Fsp3) is 0.500. The first-order valence-corrected chi connectivity index (χ1v) is 5.12. The largest absolute Gasteiger partial charge is 0.383 e. The Kier molecular flexibility index (Phi) is 3.99. The van der Waals surface area contributed by atoms with Crippen LogP contribution in [0, 0.1) is 18.6 Å². The molecule has 0 spiro atoms. The Bertz CT molecular complexity index is 380. The van der Waals surface area contributed by atoms with Crippen molar-refractivity contribution in [3.63, 3.8) is 0 Å². The molecule has 0 fully saturated rings. The molecule has 2 nitrogen and oxygen atoms in total. The summed E-state index contributed by atoms with van der Waals surface area (Å²) < 4.78 is 32.2. The van der Waals surface area contributed by atoms with Crippen molar-refractivity contribution < 1.29 is 18.6 Å². The number of methoxy groups -OCH3 is 1. The van der Waals surface area contributed by atoms with Gasteiger partial charge >= 0.3 is 0 Å². The Morgan fingerprint density at radius 3 is 2.50 bits per heavy atom. The van der Waals surface area contributed by atoms with Crippen LogP contribution in [-0.2, 0) is 10.3 Å². The highest BCUT2D eigenvalue weighted by Gasteiger charge is 2.34. The molecule has 1 aromatic carbocycles. The van der Waals surface area contributed by atoms with E-state index in [-0.39, 0.29) is 18.6 Å². The monoisotopic (exact) mass is 230 g/mol. The van der Waals surface area contributed by atoms with Gasteiger partial charge in [-0.2, -0.15) is 0 Å². The number of ether oxygens (including phenoxy) is 1. The van der Waals surface area contributed by atoms with Gasteiger partial charge in [0.05, 0.1) is 12.2 Å². The van der Waals surface area contributed by atoms with Crippen LogP contribution < -0.4 is 0 Å². The third-order valence-corrected chi connectivity index (χ3v) is 2.72. The first-order valence-electron chi connectivity index (χ1n) is 5.12. The van der Waals surface area contributed by atoms with Crippen LogP contribution in [0.4, 0.5) is 8.78 Å². The van der Waals surface area contributed by atoms with E-state index in [1.807, 2.05) is 0 Å². The molecule has 1 atom stereocenters. The summed E-state index contributed by atoms with van der Waals surface area (Å²) in [6.45, 7) is 3.04. The third kappa shape index (κ3) is 2.23. The predicted molar refractivity (Wildman–Crippen MR) is 57.2 cm³/mol. The van der Waals surface area contributed by atoms with Crippen LogP contribution >= 0.6 is 0 Å². The number of aryl methyl sites for hydroxylation is 1. The summed E-state index contributed by atoms with van der Waals surface area (Å²) in [4.78, 5) is 0. The fourth-order valence-corrected chi connectivity index (χ4v) is 1.67. The van der Waals surface area contributed by atoms with Gasteiger partial charge in [-0.3, -0.25) is 0 Å². The Balaban J connectivity index is 3.34. The Morgan fingerprint density at radius 2 is 2.00 bits per heavy atom. The standard InChI is InChI=1S/C12H16F2O2/c1-4-12(15,7-16-3)10-9(13)6-5-8(2)11(10)14/h5-6,15H,4,7H2,1-3H3. The molecule has 1 aromatic rings. The molecule has 0 aromatic heterocycles. The van der Waals surface area contributed by atoms with Crippen LogP contribution in [0.3, 0.4) is 0 Å². The number of hydrogen-bond acceptors (Lipinski definition) is 2. The van der Waals surface area contributed by atoms with Crippen LogP contribution in [0.2, 0.25) is 0 Å². The minimum atomic E-state index is -1.62. The van der Waals surface area contributed by atoms with E-state index < -0.39 is 17.2 Å². The molecule has 0 heterocycles. The van der Waals surface area contributed by atoms with Crippen molar-refractivity contribution in [3.05, 3.63) is 34.9 Å². The Hall–Kier alpha value is -1.00. The molecule has 0 saturated carbocycles. The van der Waals surface area contributed by atoms with Crippen molar-refractivity contribution in [2.75, 3.05) is 13.7 Å². The lowest BCUT2D eigenvalue weighted by Crippen LogP contribution is -2.33. The number of hydrogen-bond donors (Lipinski definition) is 1. The lowest BCUT2D eigenvalue weighted by atomic mass is 9.89. The molecule has 0 radical (unpaired) electrons. The van der Waals surface area contributed by atoms with Gasteiger partial charge in [0.2, 0.25) is 0 Å². The van der Waals surface area contributed by atoms with E-state index in [0.717, 1.165) is 6.07 Å². The highest BCUT2D eigenvalue weighted by atomic mass is 19.1. The minimum Gasteiger partial charge on any atom is -0.383 e. The van der Waals surface area contributed by atoms with Gasteiger partial charge in [0.25, 0.3) is 0 Å². The van der Waals surface area contributed by atoms with Gasteiger partial charge in [-0.05, 0) is 25.0 Å². The first kappa shape index (κ1) is 13.1. The van der Waals surface area contributed by atoms with E-state index in [2.05, 4.69) is 0 Å². The molecule has 0 aliphatic heterocycles. The molecule has 4 heteroatoms. The van der Waals surface area contributed by atoms with E-state index in [4.69, 9.17) is 4.74 Å². The number of halogens is 2. The van der Waals surface area contributed by atoms with Gasteiger partial charge in [-0.15, -0.1) is 0 Å². The molecular formula is C12H16F2O2. The number of aliphatic hydroxyl groups is 1. The van der Waals surface area contributed by atoms with E-state index in [1.54, 1.807) is 6.92 Å². The molecule has 16 heavy (non-hydrogen) atoms. The summed E-state index contributed by atoms with van der Waals surface area (Å²) in [6.07, 6.45) is 0.179. The Morgan fingerprint density at radius 1 is 1.38 bits per heavy atom. The highest BCUT2D eigenvalue weighted by Crippen LogP contribution is 2.31. The van der Waals surface area contributed by atoms with Gasteiger partial charge in [-0.1, -0.05) is 13.0 Å². The zero-order chi connectivity index (χ0) is 12.3. The molecule has 0 saturated heterocycles. The number of rotatable bonds is 4. The summed E-state index contributed by atoms with van der Waals surface area (Å²) in [5.41, 5.74) is -1.62. The van der Waals surface area contributed by atoms with Crippen LogP contribution in [0.1, 0.15) is 24.5 Å². The summed E-state index contributed by atoms with van der Waals surface area (Å²) in [7, 11) is 1.38. The highest BCUT2D eigenvalue weighted by molar-refractivity contribution is 5.31. The van der Waals surface area contributed by atoms with Crippen molar-refractivity contribution in [1.82, 2.24) is 0 Å². The average molecular weight is 230 g/mol. The maximum absolute atomic E-state index is 13.8. The molecule has 0 amide bonds. The second-order valence-electron chi connectivity index (χ2n) is 3.87. The van der Waals surface area contributed by atoms with Gasteiger partial charge in [0, 0.05) is 7.11 Å². The van der Waals surface area contributed by atoms with Crippen LogP contribution in [-0.4, -0.2) is 18.8 Å². The molecule has 0 bridgehead atoms. The lowest BCUT2D eigenvalue weighted by molar-refractivity contribution is -0.0435. The average Bonchev–Trinajstić information content (AvgIpc) is 2.24. The maximum Gasteiger partial charge on any atom is 0.135 e. The summed E-state index contributed by atoms with van der Waals surface area (Å²) >= 11 is 0. The first-order chi connectivity index (χ1) is 7.46. The summed E-state index contributed by atoms with van der Waals surface area (Å²) in [6, 6.07) is 2.50. The summed E-state index contributed by atoms with van der Waals surface area (Å²) in [5, 5.41) is 10.2. The molecular weight excluding hydrogens is 214 g/mol. The van der Waals surface area contributed by atoms with Crippen molar-refractivity contribution in [2.24, 2.45) is 0 Å². The van der Waals surface area contributed by atoms with Crippen molar-refractivity contribution in [2.45, 2.75) is 25.9 Å². The molecule has 0 aliphatic carbocycles. The van der Waals surface area contributed by atoms with E-state index in [9.17, 15) is 13.9 Å². The van der Waals surface area contributed by atoms with Gasteiger partial charge < -0.3 is 9.84 Å². The van der Waals surface area contributed by atoms with E-state index >= 15 is 0 Å². The predicted octanol–water partition coefficient (Wildman–Crippen LogP) is 2.52. The third-order valence-electron chi connectivity index (χ3n) is 2.72. The van der Waals surface area contributed by atoms with Crippen LogP contribution in [0.5, 0.6) is 0 Å². The second-order valence-corrected chi connectivity index (χ2v) is 3.87. The molecule has 1 unspecified atom stereocenters. The van der Waals surface area contributed by atoms with Crippen LogP contribution in [0.25, 0.3) is 0 Å². The molecule has 0 aliphatic rings. The quantitative estimate of drug-likeness (QED) is 0.861. The van der Waals surface area contributed by atoms with Crippen molar-refractivity contribution in [3.8, 4) is 0 Å². The molecule has 1 rings (SSSR count). The van der Waals surface area contributed by atoms with Crippen molar-refractivity contribution in [1.29, 1.82) is 0 Å². The lowest BCUT2D eigenvalue weighted by Gasteiger charge is -2.27. The molecule has 1 N–H and O–H groups in total. The smallest absolute Gasteiger partial charge is 0.135 e. The minimum absolute atomic E-state index is 0.138. The van der Waals surface area contributed by atoms with Gasteiger partial charge in [-0.25, -0.2) is 8.78 Å². The maximum atomic E-state index is 13.8. The number of benzene rings is 1. The van der Waals surface area contributed by atoms with E-state index in [1.165, 1.54) is 20.1 Å². The zero-order valence-corrected chi connectivity index (χ0v) is 9.68. The second kappa shape index (κ2) is 4.89. The summed E-state index contributed by atoms with van der Waals surface area (Å²) in [5.74, 6) is -1.45. The normalized spacial score (nSPS) is 14.9. The van der Waals surface area contributed by atoms with Crippen LogP contribution in [0.15, 0.2) is 12.1 Å². The van der Waals surface area contributed by atoms with E-state index in [0.29, 0.717) is 5.56 Å². The molecule has 90 valence electrons. The van der Waals surface area contributed by atoms with Gasteiger partial charge in [0.15, 0.2) is 0 Å². The zero-order valence-electron chi connectivity index (χ0n) is 9.68. The fourth-order valence-electron chi connectivity index (χ4n) is 1.67. The Labute approximate surface area is 93.9 Å². The van der Waals surface area contributed by atoms with Crippen molar-refractivity contribution >= 4 is 0 Å².